The maximum atomic E-state index is 12.4. The van der Waals surface area contributed by atoms with E-state index in [1.54, 1.807) is 6.07 Å². The summed E-state index contributed by atoms with van der Waals surface area (Å²) in [6, 6.07) is 16.9. The Morgan fingerprint density at radius 2 is 2.00 bits per heavy atom. The van der Waals surface area contributed by atoms with Crippen molar-refractivity contribution in [2.24, 2.45) is 0 Å². The molecule has 148 valence electrons. The topological polar surface area (TPSA) is 98.2 Å². The number of nitrogens with one attached hydrogen (secondary N) is 1. The molecule has 0 saturated heterocycles. The van der Waals surface area contributed by atoms with E-state index in [1.807, 2.05) is 65.3 Å². The number of hydrogen-bond donors (Lipinski definition) is 1. The fourth-order valence-electron chi connectivity index (χ4n) is 2.79. The first-order valence-electron chi connectivity index (χ1n) is 8.97. The highest BCUT2D eigenvalue weighted by atomic mass is 32.2. The van der Waals surface area contributed by atoms with Crippen LogP contribution in [-0.4, -0.2) is 30.6 Å². The molecule has 0 radical (unpaired) electrons. The normalized spacial score (nSPS) is 11.1. The predicted octanol–water partition coefficient (Wildman–Crippen LogP) is 4.39. The molecule has 10 heteroatoms. The Bertz CT molecular complexity index is 1280. The van der Waals surface area contributed by atoms with Gasteiger partial charge in [0.05, 0.1) is 5.69 Å². The molecule has 5 aromatic rings. The van der Waals surface area contributed by atoms with Gasteiger partial charge >= 0.3 is 0 Å². The molecule has 1 aromatic carbocycles. The van der Waals surface area contributed by atoms with Crippen LogP contribution in [0, 0.1) is 0 Å². The molecule has 0 bridgehead atoms. The fourth-order valence-corrected chi connectivity index (χ4v) is 4.42. The quantitative estimate of drug-likeness (QED) is 0.313. The van der Waals surface area contributed by atoms with E-state index in [0.29, 0.717) is 16.6 Å². The standard InChI is InChI=1S/C20H14N6O2S2/c27-18(15-10-16(28-25-15)13-6-2-1-3-7-13)22-19-23-24-20(30-19)29-12-14-11-26-9-5-4-8-17(26)21-14/h1-11H,12H2,(H,22,23,27). The number of rotatable bonds is 6. The molecule has 0 atom stereocenters. The highest BCUT2D eigenvalue weighted by Gasteiger charge is 2.16. The molecular weight excluding hydrogens is 420 g/mol. The third-order valence-corrected chi connectivity index (χ3v) is 6.19. The van der Waals surface area contributed by atoms with Crippen LogP contribution in [0.2, 0.25) is 0 Å². The van der Waals surface area contributed by atoms with Gasteiger partial charge in [0.2, 0.25) is 5.13 Å². The van der Waals surface area contributed by atoms with E-state index in [9.17, 15) is 4.79 Å². The number of carbonyl (C=O) groups is 1. The maximum Gasteiger partial charge on any atom is 0.279 e. The van der Waals surface area contributed by atoms with Crippen LogP contribution in [0.1, 0.15) is 16.2 Å². The smallest absolute Gasteiger partial charge is 0.279 e. The van der Waals surface area contributed by atoms with Gasteiger partial charge in [-0.2, -0.15) is 0 Å². The second-order valence-electron chi connectivity index (χ2n) is 6.26. The molecule has 1 amide bonds. The number of carbonyl (C=O) groups excluding carboxylic acids is 1. The van der Waals surface area contributed by atoms with E-state index in [0.717, 1.165) is 21.2 Å². The average Bonchev–Trinajstić information content (AvgIpc) is 3.52. The number of aromatic nitrogens is 5. The lowest BCUT2D eigenvalue weighted by atomic mass is 10.1. The van der Waals surface area contributed by atoms with Crippen LogP contribution in [0.3, 0.4) is 0 Å². The number of fused-ring (bicyclic) bond motifs is 1. The number of imidazole rings is 1. The first-order chi connectivity index (χ1) is 14.7. The molecular formula is C20H14N6O2S2. The van der Waals surface area contributed by atoms with E-state index in [1.165, 1.54) is 23.1 Å². The Kier molecular flexibility index (Phi) is 4.99. The number of anilines is 1. The van der Waals surface area contributed by atoms with Crippen LogP contribution in [0.25, 0.3) is 17.0 Å². The summed E-state index contributed by atoms with van der Waals surface area (Å²) < 4.78 is 7.99. The zero-order chi connectivity index (χ0) is 20.3. The van der Waals surface area contributed by atoms with Gasteiger partial charge in [-0.3, -0.25) is 10.1 Å². The van der Waals surface area contributed by atoms with Gasteiger partial charge in [-0.15, -0.1) is 10.2 Å². The van der Waals surface area contributed by atoms with Crippen LogP contribution in [0.4, 0.5) is 5.13 Å². The van der Waals surface area contributed by atoms with E-state index in [2.05, 4.69) is 25.7 Å². The van der Waals surface area contributed by atoms with Crippen LogP contribution in [-0.2, 0) is 5.75 Å². The van der Waals surface area contributed by atoms with Crippen molar-refractivity contribution in [2.45, 2.75) is 10.1 Å². The fraction of sp³-hybridized carbons (Fsp3) is 0.0500. The minimum Gasteiger partial charge on any atom is -0.355 e. The van der Waals surface area contributed by atoms with Gasteiger partial charge in [0.15, 0.2) is 15.8 Å². The van der Waals surface area contributed by atoms with E-state index in [4.69, 9.17) is 4.52 Å². The molecule has 0 saturated carbocycles. The minimum atomic E-state index is -0.394. The number of amides is 1. The summed E-state index contributed by atoms with van der Waals surface area (Å²) in [4.78, 5) is 17.0. The second-order valence-corrected chi connectivity index (χ2v) is 8.46. The summed E-state index contributed by atoms with van der Waals surface area (Å²) in [7, 11) is 0. The van der Waals surface area contributed by atoms with E-state index >= 15 is 0 Å². The molecule has 30 heavy (non-hydrogen) atoms. The summed E-state index contributed by atoms with van der Waals surface area (Å²) in [6.45, 7) is 0. The summed E-state index contributed by atoms with van der Waals surface area (Å²) in [5, 5.41) is 15.1. The molecule has 1 N–H and O–H groups in total. The lowest BCUT2D eigenvalue weighted by Crippen LogP contribution is -2.11. The van der Waals surface area contributed by atoms with Gasteiger partial charge in [-0.05, 0) is 12.1 Å². The SMILES string of the molecule is O=C(Nc1nnc(SCc2cn3ccccc3n2)s1)c1cc(-c2ccccc2)on1. The number of pyridine rings is 1. The van der Waals surface area contributed by atoms with Crippen molar-refractivity contribution in [2.75, 3.05) is 5.32 Å². The van der Waals surface area contributed by atoms with Crippen LogP contribution < -0.4 is 5.32 Å². The highest BCUT2D eigenvalue weighted by Crippen LogP contribution is 2.28. The Hall–Kier alpha value is -3.50. The van der Waals surface area contributed by atoms with Crippen molar-refractivity contribution in [3.8, 4) is 11.3 Å². The zero-order valence-corrected chi connectivity index (χ0v) is 17.1. The monoisotopic (exact) mass is 434 g/mol. The Morgan fingerprint density at radius 3 is 2.87 bits per heavy atom. The lowest BCUT2D eigenvalue weighted by Gasteiger charge is -1.95. The summed E-state index contributed by atoms with van der Waals surface area (Å²) in [5.41, 5.74) is 2.89. The molecule has 0 aliphatic rings. The molecule has 4 aromatic heterocycles. The van der Waals surface area contributed by atoms with Crippen molar-refractivity contribution in [1.82, 2.24) is 24.7 Å². The van der Waals surface area contributed by atoms with Gasteiger partial charge in [0, 0.05) is 29.8 Å². The minimum absolute atomic E-state index is 0.183. The third-order valence-electron chi connectivity index (χ3n) is 4.19. The maximum absolute atomic E-state index is 12.4. The second kappa shape index (κ2) is 8.09. The predicted molar refractivity (Wildman–Crippen MR) is 115 cm³/mol. The molecule has 0 aliphatic heterocycles. The van der Waals surface area contributed by atoms with Crippen molar-refractivity contribution in [3.05, 3.63) is 78.4 Å². The van der Waals surface area contributed by atoms with Crippen LogP contribution in [0.5, 0.6) is 0 Å². The Morgan fingerprint density at radius 1 is 1.13 bits per heavy atom. The molecule has 0 spiro atoms. The zero-order valence-electron chi connectivity index (χ0n) is 15.4. The lowest BCUT2D eigenvalue weighted by molar-refractivity contribution is 0.101. The molecule has 8 nitrogen and oxygen atoms in total. The third kappa shape index (κ3) is 3.95. The number of benzene rings is 1. The van der Waals surface area contributed by atoms with E-state index in [-0.39, 0.29) is 5.69 Å². The Balaban J connectivity index is 1.21. The summed E-state index contributed by atoms with van der Waals surface area (Å²) >= 11 is 2.82. The molecule has 5 rings (SSSR count). The van der Waals surface area contributed by atoms with Gasteiger partial charge < -0.3 is 8.92 Å². The first kappa shape index (κ1) is 18.5. The van der Waals surface area contributed by atoms with Crippen LogP contribution in [0.15, 0.2) is 75.9 Å². The molecule has 4 heterocycles. The molecule has 0 unspecified atom stereocenters. The summed E-state index contributed by atoms with van der Waals surface area (Å²) in [6.07, 6.45) is 3.95. The summed E-state index contributed by atoms with van der Waals surface area (Å²) in [5.74, 6) is 0.796. The highest BCUT2D eigenvalue weighted by molar-refractivity contribution is 8.00. The molecule has 0 aliphatic carbocycles. The van der Waals surface area contributed by atoms with E-state index < -0.39 is 5.91 Å². The van der Waals surface area contributed by atoms with Gasteiger partial charge in [-0.1, -0.05) is 64.7 Å². The molecule has 0 fully saturated rings. The average molecular weight is 435 g/mol. The number of nitrogens with zero attached hydrogens (tertiary/aromatic N) is 5. The van der Waals surface area contributed by atoms with Gasteiger partial charge in [0.25, 0.3) is 5.91 Å². The first-order valence-corrected chi connectivity index (χ1v) is 10.8. The van der Waals surface area contributed by atoms with Crippen molar-refractivity contribution in [3.63, 3.8) is 0 Å². The number of thioether (sulfide) groups is 1. The van der Waals surface area contributed by atoms with Gasteiger partial charge in [0.1, 0.15) is 5.65 Å². The van der Waals surface area contributed by atoms with Crippen molar-refractivity contribution >= 4 is 39.8 Å². The largest absolute Gasteiger partial charge is 0.355 e. The van der Waals surface area contributed by atoms with Crippen molar-refractivity contribution in [1.29, 1.82) is 0 Å². The van der Waals surface area contributed by atoms with Gasteiger partial charge in [-0.25, -0.2) is 4.98 Å². The van der Waals surface area contributed by atoms with Crippen molar-refractivity contribution < 1.29 is 9.32 Å². The Labute approximate surface area is 179 Å². The number of hydrogen-bond acceptors (Lipinski definition) is 8. The van der Waals surface area contributed by atoms with Crippen LogP contribution >= 0.6 is 23.1 Å².